The van der Waals surface area contributed by atoms with Crippen LogP contribution >= 0.6 is 15.9 Å². The number of carbonyl (C=O) groups excluding carboxylic acids is 2. The second-order valence-electron chi connectivity index (χ2n) is 3.92. The van der Waals surface area contributed by atoms with Crippen molar-refractivity contribution in [3.05, 3.63) is 34.9 Å². The second-order valence-corrected chi connectivity index (χ2v) is 4.48. The number of halogens is 1. The maximum Gasteiger partial charge on any atom is 0.338 e. The first kappa shape index (κ1) is 15.7. The Balaban J connectivity index is 2.94. The zero-order valence-electron chi connectivity index (χ0n) is 11.1. The highest BCUT2D eigenvalue weighted by molar-refractivity contribution is 9.08. The number of hydrogen-bond donors (Lipinski definition) is 0. The molecule has 1 aromatic rings. The summed E-state index contributed by atoms with van der Waals surface area (Å²) in [6.07, 6.45) is 0.708. The van der Waals surface area contributed by atoms with Crippen LogP contribution in [0.1, 0.15) is 34.8 Å². The molecule has 1 aromatic carbocycles. The van der Waals surface area contributed by atoms with E-state index < -0.39 is 0 Å². The van der Waals surface area contributed by atoms with E-state index in [0.717, 1.165) is 11.1 Å². The van der Waals surface area contributed by atoms with E-state index in [1.54, 1.807) is 13.0 Å². The Morgan fingerprint density at radius 1 is 1.32 bits per heavy atom. The van der Waals surface area contributed by atoms with E-state index in [9.17, 15) is 9.59 Å². The van der Waals surface area contributed by atoms with Crippen molar-refractivity contribution in [2.24, 2.45) is 0 Å². The predicted molar refractivity (Wildman–Crippen MR) is 75.4 cm³/mol. The van der Waals surface area contributed by atoms with Gasteiger partial charge in [0.15, 0.2) is 0 Å². The maximum atomic E-state index is 11.9. The average molecular weight is 329 g/mol. The Morgan fingerprint density at radius 2 is 2.05 bits per heavy atom. The standard InChI is InChI=1S/C14H17BrO4/c1-3-19-14(17)12-8-10(9-15)4-5-11(12)6-7-13(16)18-2/h4-5,8H,3,6-7,9H2,1-2H3. The lowest BCUT2D eigenvalue weighted by atomic mass is 10.0. The molecular weight excluding hydrogens is 312 g/mol. The van der Waals surface area contributed by atoms with Gasteiger partial charge in [-0.3, -0.25) is 4.79 Å². The van der Waals surface area contributed by atoms with Crippen LogP contribution in [0.25, 0.3) is 0 Å². The summed E-state index contributed by atoms with van der Waals surface area (Å²) in [5.74, 6) is -0.649. The predicted octanol–water partition coefficient (Wildman–Crippen LogP) is 2.86. The summed E-state index contributed by atoms with van der Waals surface area (Å²) in [5.41, 5.74) is 2.31. The normalized spacial score (nSPS) is 10.1. The smallest absolute Gasteiger partial charge is 0.338 e. The van der Waals surface area contributed by atoms with Crippen LogP contribution in [0.5, 0.6) is 0 Å². The number of esters is 2. The lowest BCUT2D eigenvalue weighted by Gasteiger charge is -2.10. The van der Waals surface area contributed by atoms with Crippen molar-refractivity contribution in [3.8, 4) is 0 Å². The zero-order chi connectivity index (χ0) is 14.3. The van der Waals surface area contributed by atoms with Gasteiger partial charge in [-0.2, -0.15) is 0 Å². The molecule has 0 N–H and O–H groups in total. The summed E-state index contributed by atoms with van der Waals surface area (Å²) in [6.45, 7) is 2.09. The lowest BCUT2D eigenvalue weighted by Crippen LogP contribution is -2.10. The number of benzene rings is 1. The van der Waals surface area contributed by atoms with Crippen molar-refractivity contribution in [3.63, 3.8) is 0 Å². The number of rotatable bonds is 6. The van der Waals surface area contributed by atoms with Crippen LogP contribution in [0.3, 0.4) is 0 Å². The quantitative estimate of drug-likeness (QED) is 0.595. The van der Waals surface area contributed by atoms with E-state index in [-0.39, 0.29) is 18.4 Å². The number of aryl methyl sites for hydroxylation is 1. The van der Waals surface area contributed by atoms with Crippen LogP contribution in [-0.4, -0.2) is 25.7 Å². The Kier molecular flexibility index (Phi) is 6.56. The number of methoxy groups -OCH3 is 1. The molecule has 0 amide bonds. The fourth-order valence-electron chi connectivity index (χ4n) is 1.66. The van der Waals surface area contributed by atoms with Crippen LogP contribution < -0.4 is 0 Å². The first-order chi connectivity index (χ1) is 9.12. The molecule has 104 valence electrons. The van der Waals surface area contributed by atoms with Gasteiger partial charge in [0.1, 0.15) is 0 Å². The van der Waals surface area contributed by atoms with Gasteiger partial charge < -0.3 is 9.47 Å². The Morgan fingerprint density at radius 3 is 2.63 bits per heavy atom. The number of ether oxygens (including phenoxy) is 2. The van der Waals surface area contributed by atoms with Crippen LogP contribution in [0.2, 0.25) is 0 Å². The summed E-state index contributed by atoms with van der Waals surface area (Å²) < 4.78 is 9.63. The molecule has 0 bridgehead atoms. The van der Waals surface area contributed by atoms with Gasteiger partial charge in [-0.25, -0.2) is 4.79 Å². The van der Waals surface area contributed by atoms with Crippen molar-refractivity contribution < 1.29 is 19.1 Å². The van der Waals surface area contributed by atoms with Crippen LogP contribution in [0.15, 0.2) is 18.2 Å². The summed E-state index contributed by atoms with van der Waals surface area (Å²) in [7, 11) is 1.35. The first-order valence-corrected chi connectivity index (χ1v) is 7.16. The molecule has 0 heterocycles. The molecule has 0 saturated carbocycles. The highest BCUT2D eigenvalue weighted by Gasteiger charge is 2.14. The van der Waals surface area contributed by atoms with Gasteiger partial charge in [0.05, 0.1) is 19.3 Å². The van der Waals surface area contributed by atoms with E-state index in [1.807, 2.05) is 12.1 Å². The molecule has 19 heavy (non-hydrogen) atoms. The highest BCUT2D eigenvalue weighted by Crippen LogP contribution is 2.17. The molecular formula is C14H17BrO4. The van der Waals surface area contributed by atoms with Crippen molar-refractivity contribution in [1.82, 2.24) is 0 Å². The van der Waals surface area contributed by atoms with Crippen LogP contribution in [-0.2, 0) is 26.0 Å². The largest absolute Gasteiger partial charge is 0.469 e. The Bertz CT molecular complexity index is 457. The third kappa shape index (κ3) is 4.67. The van der Waals surface area contributed by atoms with Crippen LogP contribution in [0, 0.1) is 0 Å². The molecule has 0 saturated heterocycles. The minimum absolute atomic E-state index is 0.247. The van der Waals surface area contributed by atoms with Crippen molar-refractivity contribution >= 4 is 27.9 Å². The van der Waals surface area contributed by atoms with E-state index in [1.165, 1.54) is 7.11 Å². The number of carbonyl (C=O) groups is 2. The third-order valence-electron chi connectivity index (χ3n) is 2.65. The molecule has 4 nitrogen and oxygen atoms in total. The lowest BCUT2D eigenvalue weighted by molar-refractivity contribution is -0.140. The van der Waals surface area contributed by atoms with E-state index in [2.05, 4.69) is 20.7 Å². The summed E-state index contributed by atoms with van der Waals surface area (Å²) >= 11 is 3.35. The van der Waals surface area contributed by atoms with Crippen LogP contribution in [0.4, 0.5) is 0 Å². The fourth-order valence-corrected chi connectivity index (χ4v) is 2.01. The SMILES string of the molecule is CCOC(=O)c1cc(CBr)ccc1CCC(=O)OC. The van der Waals surface area contributed by atoms with Gasteiger partial charge in [-0.15, -0.1) is 0 Å². The third-order valence-corrected chi connectivity index (χ3v) is 3.30. The Labute approximate surface area is 121 Å². The second kappa shape index (κ2) is 7.94. The molecule has 5 heteroatoms. The van der Waals surface area contributed by atoms with Crippen molar-refractivity contribution in [2.45, 2.75) is 25.1 Å². The molecule has 0 aliphatic rings. The van der Waals surface area contributed by atoms with Gasteiger partial charge >= 0.3 is 11.9 Å². The van der Waals surface area contributed by atoms with Gasteiger partial charge in [-0.05, 0) is 30.5 Å². The minimum atomic E-state index is -0.356. The fraction of sp³-hybridized carbons (Fsp3) is 0.429. The van der Waals surface area contributed by atoms with Crippen molar-refractivity contribution in [1.29, 1.82) is 0 Å². The maximum absolute atomic E-state index is 11.9. The van der Waals surface area contributed by atoms with Gasteiger partial charge in [0, 0.05) is 11.8 Å². The molecule has 0 aromatic heterocycles. The zero-order valence-corrected chi connectivity index (χ0v) is 12.7. The summed E-state index contributed by atoms with van der Waals surface area (Å²) in [6, 6.07) is 5.56. The van der Waals surface area contributed by atoms with Gasteiger partial charge in [-0.1, -0.05) is 28.1 Å². The molecule has 1 rings (SSSR count). The van der Waals surface area contributed by atoms with Gasteiger partial charge in [0.25, 0.3) is 0 Å². The molecule has 0 spiro atoms. The molecule has 0 aliphatic carbocycles. The summed E-state index contributed by atoms with van der Waals surface area (Å²) in [4.78, 5) is 23.1. The highest BCUT2D eigenvalue weighted by atomic mass is 79.9. The monoisotopic (exact) mass is 328 g/mol. The molecule has 0 aliphatic heterocycles. The Hall–Kier alpha value is -1.36. The molecule has 0 atom stereocenters. The van der Waals surface area contributed by atoms with Gasteiger partial charge in [0.2, 0.25) is 0 Å². The topological polar surface area (TPSA) is 52.6 Å². The average Bonchev–Trinajstić information content (AvgIpc) is 2.44. The van der Waals surface area contributed by atoms with E-state index in [0.29, 0.717) is 23.9 Å². The summed E-state index contributed by atoms with van der Waals surface area (Å²) in [5, 5.41) is 0.663. The number of alkyl halides is 1. The first-order valence-electron chi connectivity index (χ1n) is 6.04. The van der Waals surface area contributed by atoms with Crippen molar-refractivity contribution in [2.75, 3.05) is 13.7 Å². The number of hydrogen-bond acceptors (Lipinski definition) is 4. The van der Waals surface area contributed by atoms with E-state index in [4.69, 9.17) is 4.74 Å². The molecule has 0 radical (unpaired) electrons. The molecule has 0 unspecified atom stereocenters. The minimum Gasteiger partial charge on any atom is -0.469 e. The van der Waals surface area contributed by atoms with E-state index >= 15 is 0 Å². The molecule has 0 fully saturated rings.